The van der Waals surface area contributed by atoms with Gasteiger partial charge in [0.15, 0.2) is 17.0 Å². The molecule has 0 radical (unpaired) electrons. The number of nitrogen functional groups attached to an aromatic ring is 1. The summed E-state index contributed by atoms with van der Waals surface area (Å²) in [5.74, 6) is -0.272. The van der Waals surface area contributed by atoms with Crippen molar-refractivity contribution in [3.05, 3.63) is 58.3 Å². The Bertz CT molecular complexity index is 867. The summed E-state index contributed by atoms with van der Waals surface area (Å²) in [5, 5.41) is 3.66. The summed E-state index contributed by atoms with van der Waals surface area (Å²) in [6.07, 6.45) is 1.50. The number of nitrogens with zero attached hydrogens (tertiary/aromatic N) is 1. The highest BCUT2D eigenvalue weighted by molar-refractivity contribution is 5.86. The van der Waals surface area contributed by atoms with Gasteiger partial charge in [0.2, 0.25) is 0 Å². The van der Waals surface area contributed by atoms with Crippen LogP contribution >= 0.6 is 0 Å². The van der Waals surface area contributed by atoms with Gasteiger partial charge in [-0.15, -0.1) is 0 Å². The molecule has 3 N–H and O–H groups in total. The Kier molecular flexibility index (Phi) is 3.06. The minimum Gasteiger partial charge on any atom is -0.380 e. The first-order chi connectivity index (χ1) is 10.1. The van der Waals surface area contributed by atoms with E-state index >= 15 is 0 Å². The zero-order valence-electron chi connectivity index (χ0n) is 11.2. The molecule has 0 aliphatic rings. The SMILES string of the molecule is Cc1cc(=O)c(-c2onc(N)c2-c2ccccc2F)c[nH]1. The third-order valence-corrected chi connectivity index (χ3v) is 3.16. The molecule has 0 unspecified atom stereocenters. The Hall–Kier alpha value is -2.89. The first-order valence-corrected chi connectivity index (χ1v) is 6.27. The van der Waals surface area contributed by atoms with Gasteiger partial charge < -0.3 is 15.2 Å². The summed E-state index contributed by atoms with van der Waals surface area (Å²) in [6.45, 7) is 1.76. The Morgan fingerprint density at radius 1 is 1.29 bits per heavy atom. The lowest BCUT2D eigenvalue weighted by Gasteiger charge is -2.04. The molecule has 0 aliphatic carbocycles. The largest absolute Gasteiger partial charge is 0.380 e. The van der Waals surface area contributed by atoms with Crippen molar-refractivity contribution in [2.45, 2.75) is 6.92 Å². The van der Waals surface area contributed by atoms with E-state index in [0.717, 1.165) is 0 Å². The van der Waals surface area contributed by atoms with Crippen LogP contribution in [-0.2, 0) is 0 Å². The van der Waals surface area contributed by atoms with E-state index in [1.165, 1.54) is 18.3 Å². The number of hydrogen-bond donors (Lipinski definition) is 2. The molecule has 0 spiro atoms. The highest BCUT2D eigenvalue weighted by Crippen LogP contribution is 2.36. The van der Waals surface area contributed by atoms with E-state index in [9.17, 15) is 9.18 Å². The number of hydrogen-bond acceptors (Lipinski definition) is 4. The van der Waals surface area contributed by atoms with E-state index in [1.54, 1.807) is 25.1 Å². The molecular formula is C15H12FN3O2. The predicted molar refractivity (Wildman–Crippen MR) is 77.1 cm³/mol. The highest BCUT2D eigenvalue weighted by Gasteiger charge is 2.21. The Morgan fingerprint density at radius 3 is 2.76 bits per heavy atom. The lowest BCUT2D eigenvalue weighted by atomic mass is 10.0. The summed E-state index contributed by atoms with van der Waals surface area (Å²) in [6, 6.07) is 7.54. The van der Waals surface area contributed by atoms with Crippen molar-refractivity contribution in [3.63, 3.8) is 0 Å². The van der Waals surface area contributed by atoms with E-state index in [2.05, 4.69) is 10.1 Å². The normalized spacial score (nSPS) is 10.8. The first kappa shape index (κ1) is 13.1. The monoisotopic (exact) mass is 285 g/mol. The van der Waals surface area contributed by atoms with Gasteiger partial charge in [-0.2, -0.15) is 0 Å². The molecule has 5 nitrogen and oxygen atoms in total. The van der Waals surface area contributed by atoms with Gasteiger partial charge in [-0.1, -0.05) is 23.4 Å². The fourth-order valence-electron chi connectivity index (χ4n) is 2.16. The maximum atomic E-state index is 14.0. The molecule has 0 atom stereocenters. The molecule has 2 heterocycles. The Labute approximate surface area is 119 Å². The van der Waals surface area contributed by atoms with Crippen LogP contribution in [0, 0.1) is 12.7 Å². The van der Waals surface area contributed by atoms with Crippen molar-refractivity contribution in [2.75, 3.05) is 5.73 Å². The van der Waals surface area contributed by atoms with E-state index in [1.807, 2.05) is 0 Å². The summed E-state index contributed by atoms with van der Waals surface area (Å²) < 4.78 is 19.1. The van der Waals surface area contributed by atoms with Crippen LogP contribution in [0.2, 0.25) is 0 Å². The molecule has 106 valence electrons. The van der Waals surface area contributed by atoms with Crippen molar-refractivity contribution in [1.29, 1.82) is 0 Å². The number of benzene rings is 1. The summed E-state index contributed by atoms with van der Waals surface area (Å²) in [5.41, 5.74) is 7.01. The first-order valence-electron chi connectivity index (χ1n) is 6.27. The quantitative estimate of drug-likeness (QED) is 0.758. The van der Waals surface area contributed by atoms with Crippen LogP contribution in [0.4, 0.5) is 10.2 Å². The van der Waals surface area contributed by atoms with Crippen LogP contribution in [0.3, 0.4) is 0 Å². The molecule has 0 bridgehead atoms. The zero-order valence-corrected chi connectivity index (χ0v) is 11.2. The molecule has 3 rings (SSSR count). The fraction of sp³-hybridized carbons (Fsp3) is 0.0667. The van der Waals surface area contributed by atoms with Gasteiger partial charge >= 0.3 is 0 Å². The van der Waals surface area contributed by atoms with Crippen molar-refractivity contribution in [2.24, 2.45) is 0 Å². The number of H-pyrrole nitrogens is 1. The van der Waals surface area contributed by atoms with Crippen LogP contribution < -0.4 is 11.2 Å². The summed E-state index contributed by atoms with van der Waals surface area (Å²) >= 11 is 0. The molecule has 0 saturated carbocycles. The van der Waals surface area contributed by atoms with Crippen molar-refractivity contribution >= 4 is 5.82 Å². The second kappa shape index (κ2) is 4.90. The van der Waals surface area contributed by atoms with Crippen molar-refractivity contribution in [1.82, 2.24) is 10.1 Å². The van der Waals surface area contributed by atoms with Crippen LogP contribution in [-0.4, -0.2) is 10.1 Å². The van der Waals surface area contributed by atoms with Crippen molar-refractivity contribution < 1.29 is 8.91 Å². The Balaban J connectivity index is 2.27. The third kappa shape index (κ3) is 2.20. The second-order valence-corrected chi connectivity index (χ2v) is 4.65. The number of aryl methyl sites for hydroxylation is 1. The smallest absolute Gasteiger partial charge is 0.192 e. The molecule has 3 aromatic rings. The van der Waals surface area contributed by atoms with E-state index < -0.39 is 5.82 Å². The minimum absolute atomic E-state index is 0.0371. The van der Waals surface area contributed by atoms with Crippen LogP contribution in [0.15, 0.2) is 45.8 Å². The molecular weight excluding hydrogens is 273 g/mol. The van der Waals surface area contributed by atoms with Crippen molar-refractivity contribution in [3.8, 4) is 22.5 Å². The maximum Gasteiger partial charge on any atom is 0.192 e. The second-order valence-electron chi connectivity index (χ2n) is 4.65. The number of rotatable bonds is 2. The van der Waals surface area contributed by atoms with E-state index in [-0.39, 0.29) is 33.7 Å². The summed E-state index contributed by atoms with van der Waals surface area (Å²) in [7, 11) is 0. The van der Waals surface area contributed by atoms with Gasteiger partial charge in [-0.25, -0.2) is 4.39 Å². The molecule has 0 aliphatic heterocycles. The van der Waals surface area contributed by atoms with Crippen LogP contribution in [0.1, 0.15) is 5.69 Å². The average molecular weight is 285 g/mol. The van der Waals surface area contributed by atoms with Gasteiger partial charge in [0, 0.05) is 23.5 Å². The number of pyridine rings is 1. The molecule has 1 aromatic carbocycles. The zero-order chi connectivity index (χ0) is 15.0. The maximum absolute atomic E-state index is 14.0. The third-order valence-electron chi connectivity index (χ3n) is 3.16. The minimum atomic E-state index is -0.461. The van der Waals surface area contributed by atoms with Gasteiger partial charge in [-0.3, -0.25) is 4.79 Å². The predicted octanol–water partition coefficient (Wildman–Crippen LogP) is 2.73. The Morgan fingerprint density at radius 2 is 2.05 bits per heavy atom. The number of halogens is 1. The number of aromatic amines is 1. The standard InChI is InChI=1S/C15H12FN3O2/c1-8-6-12(20)10(7-18-8)14-13(15(17)19-21-14)9-4-2-3-5-11(9)16/h2-7H,1H3,(H2,17,19)(H,18,20). The molecule has 21 heavy (non-hydrogen) atoms. The lowest BCUT2D eigenvalue weighted by Crippen LogP contribution is -2.05. The van der Waals surface area contributed by atoms with Gasteiger partial charge in [0.25, 0.3) is 0 Å². The highest BCUT2D eigenvalue weighted by atomic mass is 19.1. The number of nitrogens with two attached hydrogens (primary N) is 1. The van der Waals surface area contributed by atoms with Gasteiger partial charge in [-0.05, 0) is 13.0 Å². The number of aromatic nitrogens is 2. The molecule has 0 fully saturated rings. The summed E-state index contributed by atoms with van der Waals surface area (Å²) in [4.78, 5) is 15.0. The topological polar surface area (TPSA) is 84.9 Å². The fourth-order valence-corrected chi connectivity index (χ4v) is 2.16. The molecule has 0 amide bonds. The van der Waals surface area contributed by atoms with Gasteiger partial charge in [0.05, 0.1) is 11.1 Å². The van der Waals surface area contributed by atoms with E-state index in [0.29, 0.717) is 5.69 Å². The number of anilines is 1. The molecule has 0 saturated heterocycles. The average Bonchev–Trinajstić information content (AvgIpc) is 2.81. The van der Waals surface area contributed by atoms with Gasteiger partial charge in [0.1, 0.15) is 5.82 Å². The van der Waals surface area contributed by atoms with Crippen LogP contribution in [0.25, 0.3) is 22.5 Å². The van der Waals surface area contributed by atoms with Crippen LogP contribution in [0.5, 0.6) is 0 Å². The molecule has 6 heteroatoms. The lowest BCUT2D eigenvalue weighted by molar-refractivity contribution is 0.435. The number of nitrogens with one attached hydrogen (secondary N) is 1. The molecule has 2 aromatic heterocycles. The van der Waals surface area contributed by atoms with E-state index in [4.69, 9.17) is 10.3 Å².